The second-order valence-electron chi connectivity index (χ2n) is 12.4. The molecule has 0 aliphatic heterocycles. The molecule has 0 saturated heterocycles. The molecule has 5 rings (SSSR count). The predicted octanol–water partition coefficient (Wildman–Crippen LogP) is 12.8. The summed E-state index contributed by atoms with van der Waals surface area (Å²) in [6.45, 7) is 15.7. The number of para-hydroxylation sites is 1. The Hall–Kier alpha value is -2.68. The number of hydrogen-bond donors (Lipinski definition) is 0. The summed E-state index contributed by atoms with van der Waals surface area (Å²) in [5, 5.41) is 21.8. The molecule has 0 spiro atoms. The van der Waals surface area contributed by atoms with Gasteiger partial charge in [0.1, 0.15) is 0 Å². The van der Waals surface area contributed by atoms with Gasteiger partial charge in [0.05, 0.1) is 10.7 Å². The molecule has 7 heteroatoms. The quantitative estimate of drug-likeness (QED) is 0.151. The number of hydrogen-bond acceptors (Lipinski definition) is 2. The van der Waals surface area contributed by atoms with Gasteiger partial charge in [0, 0.05) is 10.9 Å². The molecule has 0 fully saturated rings. The second-order valence-corrected chi connectivity index (χ2v) is 13.3. The third-order valence-corrected chi connectivity index (χ3v) is 8.33. The molecule has 1 atom stereocenters. The van der Waals surface area contributed by atoms with Crippen LogP contribution in [0.15, 0.2) is 78.2 Å². The summed E-state index contributed by atoms with van der Waals surface area (Å²) >= 11 is 1.72. The number of aromatic nitrogens is 1. The van der Waals surface area contributed by atoms with Gasteiger partial charge in [-0.15, -0.1) is 17.0 Å². The third kappa shape index (κ3) is 11.7. The van der Waals surface area contributed by atoms with Crippen LogP contribution in [0.1, 0.15) is 84.0 Å². The Morgan fingerprint density at radius 2 is 1.12 bits per heavy atom. The fourth-order valence-electron chi connectivity index (χ4n) is 5.64. The Morgan fingerprint density at radius 3 is 1.65 bits per heavy atom. The van der Waals surface area contributed by atoms with Crippen LogP contribution in [0.25, 0.3) is 43.3 Å². The van der Waals surface area contributed by atoms with E-state index in [9.17, 15) is 0 Å². The average Bonchev–Trinajstić information content (AvgIpc) is 3.51. The van der Waals surface area contributed by atoms with Crippen molar-refractivity contribution >= 4 is 27.8 Å². The molecule has 4 aromatic carbocycles. The number of benzene rings is 4. The van der Waals surface area contributed by atoms with Gasteiger partial charge < -0.3 is 21.3 Å². The predicted molar refractivity (Wildman–Crippen MR) is 211 cm³/mol. The molecule has 0 radical (unpaired) electrons. The van der Waals surface area contributed by atoms with Crippen LogP contribution in [0.4, 0.5) is 5.69 Å². The van der Waals surface area contributed by atoms with Crippen LogP contribution < -0.4 is 0 Å². The van der Waals surface area contributed by atoms with Crippen molar-refractivity contribution in [3.05, 3.63) is 138 Å². The molecule has 1 heterocycles. The van der Waals surface area contributed by atoms with Crippen molar-refractivity contribution in [1.29, 1.82) is 0 Å². The van der Waals surface area contributed by atoms with Crippen molar-refractivity contribution in [3.63, 3.8) is 0 Å². The van der Waals surface area contributed by atoms with E-state index in [1.165, 1.54) is 49.7 Å². The summed E-state index contributed by atoms with van der Waals surface area (Å²) in [5.41, 5.74) is 11.0. The first kappa shape index (κ1) is 43.3. The number of rotatable bonds is 7. The van der Waals surface area contributed by atoms with E-state index in [2.05, 4.69) is 143 Å². The molecular weight excluding hydrogens is 773 g/mol. The van der Waals surface area contributed by atoms with E-state index < -0.39 is 0 Å². The number of fused-ring (bicyclic) bond motifs is 1. The van der Waals surface area contributed by atoms with Crippen molar-refractivity contribution in [1.82, 2.24) is 4.98 Å². The van der Waals surface area contributed by atoms with Gasteiger partial charge >= 0.3 is 25.8 Å². The Bertz CT molecular complexity index is 1600. The summed E-state index contributed by atoms with van der Waals surface area (Å²) in [6, 6.07) is 26.1. The van der Waals surface area contributed by atoms with Gasteiger partial charge in [-0.2, -0.15) is 42.3 Å². The Kier molecular flexibility index (Phi) is 20.0. The van der Waals surface area contributed by atoms with E-state index in [0.29, 0.717) is 11.8 Å². The van der Waals surface area contributed by atoms with E-state index in [1.807, 2.05) is 0 Å². The van der Waals surface area contributed by atoms with Crippen LogP contribution in [0, 0.1) is 20.8 Å². The van der Waals surface area contributed by atoms with E-state index >= 15 is 0 Å². The summed E-state index contributed by atoms with van der Waals surface area (Å²) in [7, 11) is 10.5. The van der Waals surface area contributed by atoms with Gasteiger partial charge in [-0.25, -0.2) is 4.98 Å². The molecule has 0 aliphatic rings. The summed E-state index contributed by atoms with van der Waals surface area (Å²) in [4.78, 5) is 5.28. The van der Waals surface area contributed by atoms with E-state index in [-0.39, 0.29) is 31.9 Å². The number of nitrogens with zero attached hydrogens (tertiary/aromatic N) is 5. The molecule has 0 unspecified atom stereocenters. The normalized spacial score (nSPS) is 11.0. The molecule has 0 amide bonds. The molecule has 0 saturated carbocycles. The molecule has 254 valence electrons. The van der Waals surface area contributed by atoms with Crippen LogP contribution in [-0.4, -0.2) is 47.3 Å². The monoisotopic (exact) mass is 829 g/mol. The van der Waals surface area contributed by atoms with Crippen LogP contribution in [0.5, 0.6) is 0 Å². The van der Waals surface area contributed by atoms with Crippen molar-refractivity contribution < 1.29 is 25.8 Å². The van der Waals surface area contributed by atoms with Crippen molar-refractivity contribution in [2.24, 2.45) is 0 Å². The van der Waals surface area contributed by atoms with Gasteiger partial charge in [-0.3, -0.25) is 0 Å². The fraction of sp³-hybridized carbons (Fsp3) is 0.390. The molecule has 5 nitrogen and oxygen atoms in total. The number of aryl methyl sites for hydroxylation is 3. The molecule has 0 N–H and O–H groups in total. The van der Waals surface area contributed by atoms with E-state index in [0.717, 1.165) is 16.4 Å². The molecule has 0 aliphatic carbocycles. The fourth-order valence-corrected chi connectivity index (χ4v) is 6.50. The first-order valence-electron chi connectivity index (χ1n) is 16.3. The topological polar surface area (TPSA) is 69.3 Å². The Labute approximate surface area is 314 Å². The maximum absolute atomic E-state index is 5.61. The van der Waals surface area contributed by atoms with Crippen molar-refractivity contribution in [3.8, 4) is 11.3 Å². The Balaban J connectivity index is 0.00000104. The standard InChI is InChI=1S/C35H37N2S.3C2H6N.Hf/c1-21(2)27-15-11-16-28(22(3)4)33(27)37-34(32-24(6)18-23(5)19-25(32)7)35-36-31(20-38-35)30-17-10-13-26-12-8-9-14-29(26)30;3*1-3-2;/h8-22,34H,1-7H3;3*1-2H3;/q4*-1;+4/t34-;;;;/m1..../s1. The van der Waals surface area contributed by atoms with Crippen molar-refractivity contribution in [2.45, 2.75) is 66.3 Å². The summed E-state index contributed by atoms with van der Waals surface area (Å²) in [5.74, 6) is 0.770. The van der Waals surface area contributed by atoms with E-state index in [1.54, 1.807) is 53.6 Å². The zero-order chi connectivity index (χ0) is 35.1. The summed E-state index contributed by atoms with van der Waals surface area (Å²) in [6.07, 6.45) is 0. The van der Waals surface area contributed by atoms with Crippen LogP contribution in [0.3, 0.4) is 0 Å². The minimum absolute atomic E-state index is 0. The third-order valence-electron chi connectivity index (χ3n) is 7.43. The molecule has 1 aromatic heterocycles. The van der Waals surface area contributed by atoms with Gasteiger partial charge in [-0.1, -0.05) is 117 Å². The largest absolute Gasteiger partial charge is 4.00 e. The molecule has 48 heavy (non-hydrogen) atoms. The van der Waals surface area contributed by atoms with Gasteiger partial charge in [0.15, 0.2) is 0 Å². The Morgan fingerprint density at radius 1 is 0.646 bits per heavy atom. The smallest absolute Gasteiger partial charge is 0.672 e. The minimum Gasteiger partial charge on any atom is -0.672 e. The van der Waals surface area contributed by atoms with E-state index in [4.69, 9.17) is 10.3 Å². The minimum atomic E-state index is -0.165. The first-order valence-corrected chi connectivity index (χ1v) is 17.2. The van der Waals surface area contributed by atoms with Gasteiger partial charge in [-0.05, 0) is 66.1 Å². The maximum atomic E-state index is 5.61. The molecule has 0 bridgehead atoms. The maximum Gasteiger partial charge on any atom is 4.00 e. The van der Waals surface area contributed by atoms with Gasteiger partial charge in [0.2, 0.25) is 0 Å². The van der Waals surface area contributed by atoms with Crippen LogP contribution in [0.2, 0.25) is 0 Å². The van der Waals surface area contributed by atoms with Gasteiger partial charge in [0.25, 0.3) is 0 Å². The average molecular weight is 828 g/mol. The zero-order valence-corrected chi connectivity index (χ0v) is 35.8. The molecule has 5 aromatic rings. The second kappa shape index (κ2) is 22.1. The van der Waals surface area contributed by atoms with Crippen LogP contribution >= 0.6 is 11.3 Å². The number of thiazole rings is 1. The summed E-state index contributed by atoms with van der Waals surface area (Å²) < 4.78 is 0. The molecular formula is C41H55HfN5S. The SMILES string of the molecule is C[N-]C.C[N-]C.C[N-]C.Cc1cc(C)c([C@@H]([N-]c2c(C(C)C)cccc2C(C)C)c2nc(-c3cccc4ccccc34)cs2)c(C)c1.[Hf+4]. The van der Waals surface area contributed by atoms with Crippen LogP contribution in [-0.2, 0) is 25.8 Å². The zero-order valence-electron chi connectivity index (χ0n) is 31.4. The first-order chi connectivity index (χ1) is 22.5. The van der Waals surface area contributed by atoms with Crippen molar-refractivity contribution in [2.75, 3.05) is 42.3 Å².